The highest BCUT2D eigenvalue weighted by Crippen LogP contribution is 2.25. The Kier molecular flexibility index (Phi) is 1.69. The highest BCUT2D eigenvalue weighted by Gasteiger charge is 2.15. The molecule has 16 heavy (non-hydrogen) atoms. The van der Waals surface area contributed by atoms with E-state index in [1.807, 2.05) is 0 Å². The Balaban J connectivity index is 2.80. The van der Waals surface area contributed by atoms with Gasteiger partial charge in [-0.05, 0) is 0 Å². The second-order valence-corrected chi connectivity index (χ2v) is 5.00. The standard InChI is InChI=1S/C8H2N2O4S2/c9-5-1-3(7(11)13-5)16-2-4(15-1)8(12)14-6(2)10/h9-10H. The minimum atomic E-state index is -0.615. The predicted octanol–water partition coefficient (Wildman–Crippen LogP) is 0.419. The first-order valence-electron chi connectivity index (χ1n) is 4.04. The van der Waals surface area contributed by atoms with Crippen LogP contribution < -0.4 is 22.4 Å². The van der Waals surface area contributed by atoms with E-state index < -0.39 is 11.3 Å². The molecule has 0 aliphatic heterocycles. The smallest absolute Gasteiger partial charge is 0.356 e. The lowest BCUT2D eigenvalue weighted by Gasteiger charge is -1.84. The fourth-order valence-corrected chi connectivity index (χ4v) is 3.48. The second-order valence-electron chi connectivity index (χ2n) is 2.96. The van der Waals surface area contributed by atoms with Crippen LogP contribution >= 0.6 is 22.7 Å². The number of furan rings is 2. The average Bonchev–Trinajstić information content (AvgIpc) is 2.67. The molecule has 0 radical (unpaired) electrons. The zero-order valence-electron chi connectivity index (χ0n) is 7.45. The fraction of sp³-hybridized carbons (Fsp3) is 0. The van der Waals surface area contributed by atoms with E-state index in [1.54, 1.807) is 0 Å². The third kappa shape index (κ3) is 1.05. The average molecular weight is 254 g/mol. The minimum absolute atomic E-state index is 0.247. The van der Waals surface area contributed by atoms with Gasteiger partial charge in [0.25, 0.3) is 0 Å². The number of hydrogen-bond donors (Lipinski definition) is 2. The Morgan fingerprint density at radius 3 is 1.50 bits per heavy atom. The molecule has 0 bridgehead atoms. The van der Waals surface area contributed by atoms with E-state index in [2.05, 4.69) is 8.83 Å². The molecule has 0 saturated heterocycles. The molecule has 6 nitrogen and oxygen atoms in total. The highest BCUT2D eigenvalue weighted by molar-refractivity contribution is 7.36. The summed E-state index contributed by atoms with van der Waals surface area (Å²) in [5.41, 5.74) is -1.74. The molecule has 80 valence electrons. The minimum Gasteiger partial charge on any atom is -0.402 e. The SMILES string of the molecule is N=c1oc(=O)c2sc3c(=N)oc(=O)c3sc12. The Bertz CT molecular complexity index is 782. The predicted molar refractivity (Wildman–Crippen MR) is 57.2 cm³/mol. The fourth-order valence-electron chi connectivity index (χ4n) is 1.33. The first kappa shape index (κ1) is 9.43. The van der Waals surface area contributed by atoms with Crippen LogP contribution in [0.25, 0.3) is 18.8 Å². The van der Waals surface area contributed by atoms with Gasteiger partial charge in [0.15, 0.2) is 0 Å². The molecular weight excluding hydrogens is 252 g/mol. The lowest BCUT2D eigenvalue weighted by Crippen LogP contribution is -1.95. The summed E-state index contributed by atoms with van der Waals surface area (Å²) in [6.45, 7) is 0. The third-order valence-electron chi connectivity index (χ3n) is 1.99. The van der Waals surface area contributed by atoms with Crippen molar-refractivity contribution < 1.29 is 8.83 Å². The molecule has 3 aromatic heterocycles. The van der Waals surface area contributed by atoms with Gasteiger partial charge in [-0.1, -0.05) is 0 Å². The van der Waals surface area contributed by atoms with Gasteiger partial charge in [0, 0.05) is 0 Å². The zero-order valence-corrected chi connectivity index (χ0v) is 9.08. The van der Waals surface area contributed by atoms with Gasteiger partial charge in [0.05, 0.1) is 0 Å². The van der Waals surface area contributed by atoms with Crippen molar-refractivity contribution in [3.8, 4) is 0 Å². The molecule has 0 spiro atoms. The van der Waals surface area contributed by atoms with E-state index in [-0.39, 0.29) is 20.5 Å². The van der Waals surface area contributed by atoms with Crippen LogP contribution in [0.2, 0.25) is 0 Å². The molecule has 0 aliphatic carbocycles. The molecule has 0 aliphatic rings. The maximum atomic E-state index is 11.3. The van der Waals surface area contributed by atoms with E-state index in [4.69, 9.17) is 10.8 Å². The molecule has 8 heteroatoms. The molecule has 0 unspecified atom stereocenters. The molecular formula is C8H2N2O4S2. The molecule has 0 fully saturated rings. The van der Waals surface area contributed by atoms with Gasteiger partial charge in [-0.2, -0.15) is 0 Å². The number of rotatable bonds is 0. The van der Waals surface area contributed by atoms with Gasteiger partial charge in [-0.25, -0.2) is 9.59 Å². The normalized spacial score (nSPS) is 11.5. The van der Waals surface area contributed by atoms with Crippen molar-refractivity contribution in [1.29, 1.82) is 10.8 Å². The molecule has 0 aromatic carbocycles. The van der Waals surface area contributed by atoms with Crippen molar-refractivity contribution in [3.05, 3.63) is 31.9 Å². The molecule has 3 rings (SSSR count). The molecule has 2 N–H and O–H groups in total. The van der Waals surface area contributed by atoms with Gasteiger partial charge in [-0.3, -0.25) is 10.8 Å². The van der Waals surface area contributed by atoms with Crippen molar-refractivity contribution in [2.45, 2.75) is 0 Å². The summed E-state index contributed by atoms with van der Waals surface area (Å²) in [6, 6.07) is 0. The third-order valence-corrected chi connectivity index (χ3v) is 4.59. The van der Waals surface area contributed by atoms with E-state index in [0.717, 1.165) is 22.7 Å². The van der Waals surface area contributed by atoms with Gasteiger partial charge in [0.2, 0.25) is 11.1 Å². The first-order chi connectivity index (χ1) is 7.58. The maximum Gasteiger partial charge on any atom is 0.356 e. The summed E-state index contributed by atoms with van der Waals surface area (Å²) in [6.07, 6.45) is 0. The van der Waals surface area contributed by atoms with Crippen LogP contribution in [0.5, 0.6) is 0 Å². The van der Waals surface area contributed by atoms with E-state index >= 15 is 0 Å². The Labute approximate surface area is 93.4 Å². The molecule has 3 aromatic rings. The number of nitrogens with one attached hydrogen (secondary N) is 2. The van der Waals surface area contributed by atoms with E-state index in [0.29, 0.717) is 9.40 Å². The van der Waals surface area contributed by atoms with Gasteiger partial charge < -0.3 is 8.83 Å². The summed E-state index contributed by atoms with van der Waals surface area (Å²) in [5, 5.41) is 14.8. The summed E-state index contributed by atoms with van der Waals surface area (Å²) in [5.74, 6) is 0. The maximum absolute atomic E-state index is 11.3. The molecule has 0 atom stereocenters. The second kappa shape index (κ2) is 2.86. The van der Waals surface area contributed by atoms with Crippen LogP contribution in [-0.4, -0.2) is 0 Å². The summed E-state index contributed by atoms with van der Waals surface area (Å²) < 4.78 is 10.4. The van der Waals surface area contributed by atoms with Crippen LogP contribution in [0.15, 0.2) is 18.4 Å². The van der Waals surface area contributed by atoms with Gasteiger partial charge >= 0.3 is 11.3 Å². The monoisotopic (exact) mass is 254 g/mol. The largest absolute Gasteiger partial charge is 0.402 e. The Morgan fingerprint density at radius 1 is 0.750 bits per heavy atom. The van der Waals surface area contributed by atoms with E-state index in [1.165, 1.54) is 0 Å². The van der Waals surface area contributed by atoms with Crippen molar-refractivity contribution in [2.24, 2.45) is 0 Å². The van der Waals surface area contributed by atoms with Crippen LogP contribution in [0.1, 0.15) is 0 Å². The number of hydrogen-bond acceptors (Lipinski definition) is 8. The van der Waals surface area contributed by atoms with Crippen LogP contribution in [0, 0.1) is 10.8 Å². The lowest BCUT2D eigenvalue weighted by molar-refractivity contribution is 0.479. The molecule has 3 heterocycles. The van der Waals surface area contributed by atoms with Crippen LogP contribution in [0.3, 0.4) is 0 Å². The topological polar surface area (TPSA) is 108 Å². The number of fused-ring (bicyclic) bond motifs is 2. The molecule has 0 amide bonds. The van der Waals surface area contributed by atoms with Gasteiger partial charge in [0.1, 0.15) is 18.8 Å². The zero-order chi connectivity index (χ0) is 11.4. The first-order valence-corrected chi connectivity index (χ1v) is 5.67. The van der Waals surface area contributed by atoms with Crippen molar-refractivity contribution in [2.75, 3.05) is 0 Å². The van der Waals surface area contributed by atoms with Crippen molar-refractivity contribution in [1.82, 2.24) is 0 Å². The van der Waals surface area contributed by atoms with E-state index in [9.17, 15) is 9.59 Å². The van der Waals surface area contributed by atoms with Crippen molar-refractivity contribution in [3.63, 3.8) is 0 Å². The molecule has 0 saturated carbocycles. The quantitative estimate of drug-likeness (QED) is 0.606. The Morgan fingerprint density at radius 2 is 1.12 bits per heavy atom. The Hall–Kier alpha value is -1.80. The highest BCUT2D eigenvalue weighted by atomic mass is 32.1. The summed E-state index contributed by atoms with van der Waals surface area (Å²) in [4.78, 5) is 22.6. The lowest BCUT2D eigenvalue weighted by atomic mass is 10.6. The van der Waals surface area contributed by atoms with Gasteiger partial charge in [-0.15, -0.1) is 22.7 Å². The van der Waals surface area contributed by atoms with Crippen molar-refractivity contribution >= 4 is 41.5 Å². The van der Waals surface area contributed by atoms with Crippen LogP contribution in [0.4, 0.5) is 0 Å². The summed E-state index contributed by atoms with van der Waals surface area (Å²) in [7, 11) is 0. The summed E-state index contributed by atoms with van der Waals surface area (Å²) >= 11 is 1.90. The van der Waals surface area contributed by atoms with Crippen LogP contribution in [-0.2, 0) is 0 Å².